The third kappa shape index (κ3) is 6.78. The molecular formula is C20H34IN5O. The zero-order chi connectivity index (χ0) is 18.2. The van der Waals surface area contributed by atoms with Crippen LogP contribution in [0.1, 0.15) is 51.5 Å². The minimum atomic E-state index is 0. The maximum absolute atomic E-state index is 5.47. The maximum Gasteiger partial charge on any atom is 0.213 e. The van der Waals surface area contributed by atoms with Gasteiger partial charge in [-0.2, -0.15) is 0 Å². The van der Waals surface area contributed by atoms with E-state index >= 15 is 0 Å². The Balaban J connectivity index is 0.00000261. The molecule has 2 aliphatic rings. The van der Waals surface area contributed by atoms with Crippen LogP contribution in [0, 0.1) is 0 Å². The van der Waals surface area contributed by atoms with Gasteiger partial charge in [-0.15, -0.1) is 24.0 Å². The van der Waals surface area contributed by atoms with Crippen LogP contribution in [0.2, 0.25) is 0 Å². The van der Waals surface area contributed by atoms with Gasteiger partial charge in [0.25, 0.3) is 0 Å². The lowest BCUT2D eigenvalue weighted by Crippen LogP contribution is -2.45. The number of ether oxygens (including phenoxy) is 1. The predicted octanol–water partition coefficient (Wildman–Crippen LogP) is 3.17. The Morgan fingerprint density at radius 1 is 1.30 bits per heavy atom. The van der Waals surface area contributed by atoms with Crippen molar-refractivity contribution in [2.24, 2.45) is 4.99 Å². The number of likely N-dealkylation sites (tertiary alicyclic amines) is 1. The van der Waals surface area contributed by atoms with Gasteiger partial charge in [-0.3, -0.25) is 4.90 Å². The number of hydrogen-bond donors (Lipinski definition) is 2. The molecule has 1 aromatic rings. The Bertz CT molecular complexity index is 591. The molecule has 7 heteroatoms. The van der Waals surface area contributed by atoms with E-state index in [0.717, 1.165) is 30.7 Å². The number of aliphatic imine (C=N–C) groups is 1. The third-order valence-corrected chi connectivity index (χ3v) is 5.26. The fraction of sp³-hybridized carbons (Fsp3) is 0.700. The second kappa shape index (κ2) is 11.7. The molecule has 152 valence electrons. The fourth-order valence-corrected chi connectivity index (χ4v) is 3.97. The number of nitrogens with one attached hydrogen (secondary N) is 2. The molecule has 1 aliphatic heterocycles. The molecule has 0 amide bonds. The summed E-state index contributed by atoms with van der Waals surface area (Å²) >= 11 is 0. The lowest BCUT2D eigenvalue weighted by atomic mass is 10.2. The first-order chi connectivity index (χ1) is 12.8. The van der Waals surface area contributed by atoms with E-state index in [1.165, 1.54) is 38.6 Å². The molecule has 27 heavy (non-hydrogen) atoms. The normalized spacial score (nSPS) is 21.1. The maximum atomic E-state index is 5.47. The van der Waals surface area contributed by atoms with Crippen molar-refractivity contribution in [2.75, 3.05) is 26.2 Å². The Hall–Kier alpha value is -1.09. The second-order valence-electron chi connectivity index (χ2n) is 7.19. The van der Waals surface area contributed by atoms with Crippen molar-refractivity contribution in [3.8, 4) is 5.88 Å². The highest BCUT2D eigenvalue weighted by atomic mass is 127. The smallest absolute Gasteiger partial charge is 0.213 e. The predicted molar refractivity (Wildman–Crippen MR) is 121 cm³/mol. The molecule has 2 N–H and O–H groups in total. The quantitative estimate of drug-likeness (QED) is 0.352. The van der Waals surface area contributed by atoms with Crippen LogP contribution in [-0.4, -0.2) is 54.2 Å². The molecule has 1 saturated carbocycles. The summed E-state index contributed by atoms with van der Waals surface area (Å²) in [5.41, 5.74) is 1.11. The Morgan fingerprint density at radius 3 is 2.85 bits per heavy atom. The van der Waals surface area contributed by atoms with E-state index in [0.29, 0.717) is 25.1 Å². The van der Waals surface area contributed by atoms with Crippen LogP contribution in [-0.2, 0) is 6.54 Å². The van der Waals surface area contributed by atoms with Gasteiger partial charge in [0.1, 0.15) is 0 Å². The van der Waals surface area contributed by atoms with Crippen molar-refractivity contribution in [3.05, 3.63) is 23.9 Å². The van der Waals surface area contributed by atoms with E-state index in [9.17, 15) is 0 Å². The summed E-state index contributed by atoms with van der Waals surface area (Å²) in [6, 6.07) is 5.26. The molecular weight excluding hydrogens is 453 g/mol. The number of hydrogen-bond acceptors (Lipinski definition) is 4. The highest BCUT2D eigenvalue weighted by Crippen LogP contribution is 2.26. The summed E-state index contributed by atoms with van der Waals surface area (Å²) in [5.74, 6) is 1.57. The highest BCUT2D eigenvalue weighted by Gasteiger charge is 2.30. The fourth-order valence-electron chi connectivity index (χ4n) is 3.97. The lowest BCUT2D eigenvalue weighted by Gasteiger charge is -2.24. The van der Waals surface area contributed by atoms with Gasteiger partial charge >= 0.3 is 0 Å². The zero-order valence-corrected chi connectivity index (χ0v) is 18.9. The first kappa shape index (κ1) is 22.2. The second-order valence-corrected chi connectivity index (χ2v) is 7.19. The number of pyridine rings is 1. The molecule has 0 radical (unpaired) electrons. The van der Waals surface area contributed by atoms with Crippen molar-refractivity contribution < 1.29 is 4.74 Å². The van der Waals surface area contributed by atoms with Gasteiger partial charge in [0.15, 0.2) is 5.96 Å². The summed E-state index contributed by atoms with van der Waals surface area (Å²) in [6.07, 6.45) is 8.55. The van der Waals surface area contributed by atoms with E-state index in [1.807, 2.05) is 19.1 Å². The number of halogens is 1. The van der Waals surface area contributed by atoms with Gasteiger partial charge in [0.05, 0.1) is 13.2 Å². The number of nitrogens with zero attached hydrogens (tertiary/aromatic N) is 3. The summed E-state index contributed by atoms with van der Waals surface area (Å²) in [4.78, 5) is 11.6. The van der Waals surface area contributed by atoms with E-state index in [4.69, 9.17) is 9.73 Å². The van der Waals surface area contributed by atoms with Gasteiger partial charge in [-0.1, -0.05) is 12.8 Å². The molecule has 6 nitrogen and oxygen atoms in total. The van der Waals surface area contributed by atoms with Gasteiger partial charge in [-0.25, -0.2) is 9.98 Å². The Labute approximate surface area is 180 Å². The van der Waals surface area contributed by atoms with Gasteiger partial charge in [0.2, 0.25) is 5.88 Å². The molecule has 1 aromatic heterocycles. The van der Waals surface area contributed by atoms with Crippen molar-refractivity contribution in [2.45, 2.75) is 64.6 Å². The Kier molecular flexibility index (Phi) is 9.61. The molecule has 0 aromatic carbocycles. The minimum Gasteiger partial charge on any atom is -0.478 e. The van der Waals surface area contributed by atoms with Crippen LogP contribution in [0.15, 0.2) is 23.3 Å². The van der Waals surface area contributed by atoms with Crippen LogP contribution in [0.3, 0.4) is 0 Å². The first-order valence-electron chi connectivity index (χ1n) is 10.1. The molecule has 1 unspecified atom stereocenters. The van der Waals surface area contributed by atoms with Gasteiger partial charge in [0, 0.05) is 44.0 Å². The Morgan fingerprint density at radius 2 is 2.11 bits per heavy atom. The van der Waals surface area contributed by atoms with Gasteiger partial charge < -0.3 is 15.4 Å². The van der Waals surface area contributed by atoms with E-state index in [2.05, 4.69) is 27.4 Å². The molecule has 1 saturated heterocycles. The van der Waals surface area contributed by atoms with Crippen molar-refractivity contribution in [3.63, 3.8) is 0 Å². The van der Waals surface area contributed by atoms with Crippen LogP contribution < -0.4 is 15.4 Å². The molecule has 2 fully saturated rings. The third-order valence-electron chi connectivity index (χ3n) is 5.26. The zero-order valence-electron chi connectivity index (χ0n) is 16.6. The van der Waals surface area contributed by atoms with Crippen molar-refractivity contribution >= 4 is 29.9 Å². The first-order valence-corrected chi connectivity index (χ1v) is 10.1. The number of guanidine groups is 1. The average Bonchev–Trinajstić information content (AvgIpc) is 3.32. The highest BCUT2D eigenvalue weighted by molar-refractivity contribution is 14.0. The average molecular weight is 487 g/mol. The van der Waals surface area contributed by atoms with Crippen LogP contribution in [0.4, 0.5) is 0 Å². The lowest BCUT2D eigenvalue weighted by molar-refractivity contribution is 0.242. The molecule has 1 aliphatic carbocycles. The van der Waals surface area contributed by atoms with Crippen molar-refractivity contribution in [1.29, 1.82) is 0 Å². The largest absolute Gasteiger partial charge is 0.478 e. The monoisotopic (exact) mass is 487 g/mol. The van der Waals surface area contributed by atoms with E-state index < -0.39 is 0 Å². The van der Waals surface area contributed by atoms with E-state index in [-0.39, 0.29) is 24.0 Å². The molecule has 0 spiro atoms. The summed E-state index contributed by atoms with van der Waals surface area (Å²) in [6.45, 7) is 8.54. The molecule has 3 rings (SSSR count). The number of aromatic nitrogens is 1. The van der Waals surface area contributed by atoms with Gasteiger partial charge in [-0.05, 0) is 44.7 Å². The van der Waals surface area contributed by atoms with Crippen LogP contribution in [0.5, 0.6) is 5.88 Å². The topological polar surface area (TPSA) is 61.8 Å². The molecule has 1 atom stereocenters. The summed E-state index contributed by atoms with van der Waals surface area (Å²) in [5, 5.41) is 7.01. The van der Waals surface area contributed by atoms with Crippen LogP contribution >= 0.6 is 24.0 Å². The standard InChI is InChI=1S/C20H33N5O.HI/c1-3-21-20(23-14-16-9-11-22-19(13-16)26-4-2)24-17-10-12-25(15-17)18-7-5-6-8-18;/h9,11,13,17-18H,3-8,10,12,14-15H2,1-2H3,(H2,21,23,24);1H. The summed E-state index contributed by atoms with van der Waals surface area (Å²) < 4.78 is 5.47. The SMILES string of the molecule is CCNC(=NCc1ccnc(OCC)c1)NC1CCN(C2CCCC2)C1.I. The minimum absolute atomic E-state index is 0. The number of rotatable bonds is 7. The van der Waals surface area contributed by atoms with E-state index in [1.54, 1.807) is 6.20 Å². The van der Waals surface area contributed by atoms with Crippen molar-refractivity contribution in [1.82, 2.24) is 20.5 Å². The summed E-state index contributed by atoms with van der Waals surface area (Å²) in [7, 11) is 0. The van der Waals surface area contributed by atoms with Crippen LogP contribution in [0.25, 0.3) is 0 Å². The molecule has 0 bridgehead atoms. The molecule has 2 heterocycles.